The summed E-state index contributed by atoms with van der Waals surface area (Å²) in [6.07, 6.45) is 3.53. The third-order valence-corrected chi connectivity index (χ3v) is 1.73. The Labute approximate surface area is 74.5 Å². The lowest BCUT2D eigenvalue weighted by Crippen LogP contribution is -1.80. The van der Waals surface area contributed by atoms with E-state index >= 15 is 0 Å². The van der Waals surface area contributed by atoms with Gasteiger partial charge in [-0.05, 0) is 35.8 Å². The van der Waals surface area contributed by atoms with Crippen LogP contribution in [0.5, 0.6) is 0 Å². The predicted molar refractivity (Wildman–Crippen MR) is 50.5 cm³/mol. The Balaban J connectivity index is 3.12. The molecule has 1 aromatic rings. The maximum Gasteiger partial charge on any atom is 0.0849 e. The summed E-state index contributed by atoms with van der Waals surface area (Å²) < 4.78 is 0.962. The van der Waals surface area contributed by atoms with Crippen molar-refractivity contribution in [3.8, 4) is 0 Å². The molecule has 0 spiro atoms. The second kappa shape index (κ2) is 3.62. The zero-order valence-electron chi connectivity index (χ0n) is 6.50. The lowest BCUT2D eigenvalue weighted by atomic mass is 10.3. The van der Waals surface area contributed by atoms with Gasteiger partial charge in [-0.25, -0.2) is 0 Å². The van der Waals surface area contributed by atoms with Crippen LogP contribution in [0, 0.1) is 6.92 Å². The van der Waals surface area contributed by atoms with E-state index in [9.17, 15) is 0 Å². The molecule has 0 aliphatic rings. The second-order valence-electron chi connectivity index (χ2n) is 2.15. The van der Waals surface area contributed by atoms with Crippen LogP contribution in [-0.2, 0) is 0 Å². The number of aromatic nitrogens is 1. The average molecular weight is 213 g/mol. The number of nitrogens with zero attached hydrogens (tertiary/aromatic N) is 2. The van der Waals surface area contributed by atoms with Crippen molar-refractivity contribution < 1.29 is 0 Å². The molecule has 0 saturated carbocycles. The first-order valence-electron chi connectivity index (χ1n) is 3.35. The van der Waals surface area contributed by atoms with Gasteiger partial charge in [0.15, 0.2) is 0 Å². The molecule has 0 aromatic carbocycles. The largest absolute Gasteiger partial charge is 0.260 e. The number of hydrogen-bond acceptors (Lipinski definition) is 2. The summed E-state index contributed by atoms with van der Waals surface area (Å²) in [6.45, 7) is 3.83. The molecule has 0 atom stereocenters. The molecule has 1 heterocycles. The second-order valence-corrected chi connectivity index (χ2v) is 3.06. The van der Waals surface area contributed by atoms with E-state index in [4.69, 9.17) is 0 Å². The minimum absolute atomic E-state index is 0.918. The summed E-state index contributed by atoms with van der Waals surface area (Å²) in [5, 5.41) is 0. The highest BCUT2D eigenvalue weighted by atomic mass is 79.9. The Bertz CT molecular complexity index is 281. The molecule has 0 fully saturated rings. The van der Waals surface area contributed by atoms with Crippen LogP contribution in [0.25, 0.3) is 0 Å². The Morgan fingerprint density at radius 1 is 1.64 bits per heavy atom. The first-order chi connectivity index (χ1) is 5.24. The average Bonchev–Trinajstić information content (AvgIpc) is 1.98. The fourth-order valence-corrected chi connectivity index (χ4v) is 1.09. The van der Waals surface area contributed by atoms with Gasteiger partial charge >= 0.3 is 0 Å². The molecule has 2 nitrogen and oxygen atoms in total. The van der Waals surface area contributed by atoms with Gasteiger partial charge in [0, 0.05) is 16.9 Å². The summed E-state index contributed by atoms with van der Waals surface area (Å²) in [5.74, 6) is 0. The van der Waals surface area contributed by atoms with Crippen LogP contribution >= 0.6 is 15.9 Å². The van der Waals surface area contributed by atoms with Gasteiger partial charge in [-0.15, -0.1) is 0 Å². The summed E-state index contributed by atoms with van der Waals surface area (Å²) in [4.78, 5) is 8.29. The maximum atomic E-state index is 4.15. The van der Waals surface area contributed by atoms with Gasteiger partial charge in [-0.2, -0.15) is 0 Å². The van der Waals surface area contributed by atoms with E-state index in [2.05, 4.69) is 25.9 Å². The zero-order valence-corrected chi connectivity index (χ0v) is 8.09. The monoisotopic (exact) mass is 212 g/mol. The van der Waals surface area contributed by atoms with Crippen LogP contribution in [0.3, 0.4) is 0 Å². The molecule has 1 rings (SSSR count). The van der Waals surface area contributed by atoms with E-state index in [1.807, 2.05) is 19.9 Å². The van der Waals surface area contributed by atoms with Crippen molar-refractivity contribution in [2.75, 3.05) is 0 Å². The first-order valence-corrected chi connectivity index (χ1v) is 4.14. The van der Waals surface area contributed by atoms with Gasteiger partial charge < -0.3 is 0 Å². The topological polar surface area (TPSA) is 25.2 Å². The Morgan fingerprint density at radius 2 is 2.36 bits per heavy atom. The molecule has 0 radical (unpaired) electrons. The third-order valence-electron chi connectivity index (χ3n) is 1.30. The molecule has 0 N–H and O–H groups in total. The van der Waals surface area contributed by atoms with E-state index in [-0.39, 0.29) is 0 Å². The Hall–Kier alpha value is -0.700. The summed E-state index contributed by atoms with van der Waals surface area (Å²) in [5.41, 5.74) is 1.87. The number of hydrogen-bond donors (Lipinski definition) is 0. The molecule has 0 aliphatic carbocycles. The van der Waals surface area contributed by atoms with Crippen molar-refractivity contribution in [2.24, 2.45) is 4.99 Å². The van der Waals surface area contributed by atoms with Crippen molar-refractivity contribution in [3.63, 3.8) is 0 Å². The predicted octanol–water partition coefficient (Wildman–Crippen LogP) is 2.87. The molecule has 0 saturated heterocycles. The number of rotatable bonds is 1. The molecule has 0 bridgehead atoms. The van der Waals surface area contributed by atoms with Crippen LogP contribution in [-0.4, -0.2) is 11.2 Å². The number of aliphatic imine (C=N–C) groups is 1. The fraction of sp³-hybridized carbons (Fsp3) is 0.250. The molecule has 3 heteroatoms. The van der Waals surface area contributed by atoms with E-state index in [1.54, 1.807) is 12.4 Å². The van der Waals surface area contributed by atoms with Crippen molar-refractivity contribution in [1.29, 1.82) is 0 Å². The highest BCUT2D eigenvalue weighted by Crippen LogP contribution is 2.20. The lowest BCUT2D eigenvalue weighted by molar-refractivity contribution is 1.18. The van der Waals surface area contributed by atoms with Crippen LogP contribution in [0.15, 0.2) is 21.7 Å². The van der Waals surface area contributed by atoms with Crippen molar-refractivity contribution in [1.82, 2.24) is 4.98 Å². The smallest absolute Gasteiger partial charge is 0.0849 e. The maximum absolute atomic E-state index is 4.15. The molecular weight excluding hydrogens is 204 g/mol. The molecular formula is C8H9BrN2. The van der Waals surface area contributed by atoms with E-state index in [0.29, 0.717) is 0 Å². The minimum atomic E-state index is 0.918. The SMILES string of the molecule is CC=Nc1cc(Br)cnc1C. The molecule has 11 heavy (non-hydrogen) atoms. The normalized spacial score (nSPS) is 10.8. The summed E-state index contributed by atoms with van der Waals surface area (Å²) >= 11 is 3.33. The van der Waals surface area contributed by atoms with Crippen LogP contribution < -0.4 is 0 Å². The van der Waals surface area contributed by atoms with Crippen LogP contribution in [0.1, 0.15) is 12.6 Å². The zero-order chi connectivity index (χ0) is 8.27. The Morgan fingerprint density at radius 3 is 3.00 bits per heavy atom. The van der Waals surface area contributed by atoms with E-state index in [1.165, 1.54) is 0 Å². The van der Waals surface area contributed by atoms with Gasteiger partial charge in [0.2, 0.25) is 0 Å². The highest BCUT2D eigenvalue weighted by Gasteiger charge is 1.96. The van der Waals surface area contributed by atoms with Crippen molar-refractivity contribution in [2.45, 2.75) is 13.8 Å². The van der Waals surface area contributed by atoms with Gasteiger partial charge in [0.25, 0.3) is 0 Å². The van der Waals surface area contributed by atoms with Gasteiger partial charge in [0.1, 0.15) is 0 Å². The standard InChI is InChI=1S/C8H9BrN2/c1-3-10-8-4-7(9)5-11-6(8)2/h3-5H,1-2H3. The van der Waals surface area contributed by atoms with Gasteiger partial charge in [0.05, 0.1) is 11.4 Å². The fourth-order valence-electron chi connectivity index (χ4n) is 0.767. The van der Waals surface area contributed by atoms with Crippen molar-refractivity contribution >= 4 is 27.8 Å². The highest BCUT2D eigenvalue weighted by molar-refractivity contribution is 9.10. The number of pyridine rings is 1. The molecule has 1 aromatic heterocycles. The van der Waals surface area contributed by atoms with Crippen LogP contribution in [0.2, 0.25) is 0 Å². The quantitative estimate of drug-likeness (QED) is 0.658. The first kappa shape index (κ1) is 8.40. The molecule has 0 unspecified atom stereocenters. The van der Waals surface area contributed by atoms with E-state index < -0.39 is 0 Å². The molecule has 0 aliphatic heterocycles. The minimum Gasteiger partial charge on any atom is -0.260 e. The summed E-state index contributed by atoms with van der Waals surface area (Å²) in [7, 11) is 0. The van der Waals surface area contributed by atoms with Gasteiger partial charge in [-0.3, -0.25) is 9.98 Å². The molecule has 58 valence electrons. The molecule has 0 amide bonds. The van der Waals surface area contributed by atoms with Crippen LogP contribution in [0.4, 0.5) is 5.69 Å². The van der Waals surface area contributed by atoms with Gasteiger partial charge in [-0.1, -0.05) is 0 Å². The number of halogens is 1. The van der Waals surface area contributed by atoms with E-state index in [0.717, 1.165) is 15.9 Å². The summed E-state index contributed by atoms with van der Waals surface area (Å²) in [6, 6.07) is 1.95. The Kier molecular flexibility index (Phi) is 2.76. The third kappa shape index (κ3) is 2.12. The van der Waals surface area contributed by atoms with Crippen molar-refractivity contribution in [3.05, 3.63) is 22.4 Å². The lowest BCUT2D eigenvalue weighted by Gasteiger charge is -1.97. The number of aryl methyl sites for hydroxylation is 1.